The van der Waals surface area contributed by atoms with Crippen LogP contribution in [0.3, 0.4) is 0 Å². The lowest BCUT2D eigenvalue weighted by Gasteiger charge is -2.43. The van der Waals surface area contributed by atoms with Crippen molar-refractivity contribution in [3.8, 4) is 0 Å². The summed E-state index contributed by atoms with van der Waals surface area (Å²) in [7, 11) is 1.34. The van der Waals surface area contributed by atoms with Gasteiger partial charge in [0.15, 0.2) is 0 Å². The van der Waals surface area contributed by atoms with Gasteiger partial charge in [-0.05, 0) is 31.2 Å². The largest absolute Gasteiger partial charge is 0.468 e. The first kappa shape index (κ1) is 11.8. The topological polar surface area (TPSA) is 43.4 Å². The molecule has 1 aliphatic carbocycles. The van der Waals surface area contributed by atoms with E-state index in [1.807, 2.05) is 30.3 Å². The number of ketones is 1. The molecule has 0 atom stereocenters. The summed E-state index contributed by atoms with van der Waals surface area (Å²) in [6, 6.07) is 9.97. The molecule has 0 spiro atoms. The van der Waals surface area contributed by atoms with Gasteiger partial charge >= 0.3 is 5.97 Å². The molecule has 0 bridgehead atoms. The second-order valence-corrected chi connectivity index (χ2v) is 4.65. The van der Waals surface area contributed by atoms with E-state index >= 15 is 0 Å². The van der Waals surface area contributed by atoms with Crippen LogP contribution in [0.1, 0.15) is 31.2 Å². The van der Waals surface area contributed by atoms with Gasteiger partial charge < -0.3 is 4.74 Å². The van der Waals surface area contributed by atoms with Gasteiger partial charge in [0, 0.05) is 0 Å². The Morgan fingerprint density at radius 2 is 1.82 bits per heavy atom. The van der Waals surface area contributed by atoms with Gasteiger partial charge in [0.25, 0.3) is 0 Å². The average molecular weight is 232 g/mol. The van der Waals surface area contributed by atoms with Crippen LogP contribution in [0.2, 0.25) is 0 Å². The molecule has 0 aromatic heterocycles. The van der Waals surface area contributed by atoms with Crippen molar-refractivity contribution >= 4 is 11.8 Å². The summed E-state index contributed by atoms with van der Waals surface area (Å²) in [6.07, 6.45) is 1.14. The lowest BCUT2D eigenvalue weighted by molar-refractivity contribution is -0.164. The quantitative estimate of drug-likeness (QED) is 0.593. The van der Waals surface area contributed by atoms with Crippen LogP contribution in [-0.2, 0) is 14.3 Å². The number of hydrogen-bond donors (Lipinski definition) is 0. The first-order valence-electron chi connectivity index (χ1n) is 5.74. The van der Waals surface area contributed by atoms with Crippen LogP contribution < -0.4 is 0 Å². The second kappa shape index (κ2) is 4.32. The Morgan fingerprint density at radius 3 is 2.29 bits per heavy atom. The fourth-order valence-electron chi connectivity index (χ4n) is 2.54. The van der Waals surface area contributed by atoms with Crippen LogP contribution in [0.15, 0.2) is 30.3 Å². The van der Waals surface area contributed by atoms with Crippen molar-refractivity contribution in [3.05, 3.63) is 35.9 Å². The molecule has 0 amide bonds. The van der Waals surface area contributed by atoms with E-state index in [0.717, 1.165) is 0 Å². The maximum Gasteiger partial charge on any atom is 0.319 e. The van der Waals surface area contributed by atoms with Gasteiger partial charge in [-0.25, -0.2) is 0 Å². The summed E-state index contributed by atoms with van der Waals surface area (Å²) in [5.41, 5.74) is 0.295. The third-order valence-corrected chi connectivity index (χ3v) is 3.71. The Kier molecular flexibility index (Phi) is 3.01. The Balaban J connectivity index is 2.14. The molecule has 1 saturated carbocycles. The molecule has 1 aliphatic rings. The van der Waals surface area contributed by atoms with Gasteiger partial charge in [-0.1, -0.05) is 30.3 Å². The normalized spacial score (nSPS) is 27.1. The number of Topliss-reactive ketones (excluding diaryl/α,β-unsaturated/α-hetero) is 1. The molecule has 3 heteroatoms. The summed E-state index contributed by atoms with van der Waals surface area (Å²) in [6.45, 7) is 1.47. The molecule has 1 aromatic carbocycles. The molecule has 0 saturated heterocycles. The van der Waals surface area contributed by atoms with Gasteiger partial charge in [0.2, 0.25) is 0 Å². The highest BCUT2D eigenvalue weighted by atomic mass is 16.5. The smallest absolute Gasteiger partial charge is 0.319 e. The number of hydrogen-bond acceptors (Lipinski definition) is 3. The molecule has 17 heavy (non-hydrogen) atoms. The number of carbonyl (C=O) groups excluding carboxylic acids is 2. The molecule has 1 aromatic rings. The van der Waals surface area contributed by atoms with Crippen LogP contribution >= 0.6 is 0 Å². The average Bonchev–Trinajstić information content (AvgIpc) is 2.28. The van der Waals surface area contributed by atoms with E-state index in [-0.39, 0.29) is 5.78 Å². The van der Waals surface area contributed by atoms with Crippen molar-refractivity contribution in [2.24, 2.45) is 5.41 Å². The van der Waals surface area contributed by atoms with Gasteiger partial charge in [0.05, 0.1) is 7.11 Å². The molecule has 0 aliphatic heterocycles. The fourth-order valence-corrected chi connectivity index (χ4v) is 2.54. The molecule has 1 fully saturated rings. The Morgan fingerprint density at radius 1 is 1.24 bits per heavy atom. The zero-order valence-electron chi connectivity index (χ0n) is 10.1. The van der Waals surface area contributed by atoms with E-state index < -0.39 is 11.4 Å². The fraction of sp³-hybridized carbons (Fsp3) is 0.429. The lowest BCUT2D eigenvalue weighted by Crippen LogP contribution is -2.48. The van der Waals surface area contributed by atoms with Crippen LogP contribution in [-0.4, -0.2) is 18.9 Å². The van der Waals surface area contributed by atoms with Crippen LogP contribution in [0.5, 0.6) is 0 Å². The maximum atomic E-state index is 11.7. The van der Waals surface area contributed by atoms with Crippen molar-refractivity contribution in [3.63, 3.8) is 0 Å². The summed E-state index contributed by atoms with van der Waals surface area (Å²) in [4.78, 5) is 23.3. The van der Waals surface area contributed by atoms with E-state index in [9.17, 15) is 9.59 Å². The van der Waals surface area contributed by atoms with Crippen LogP contribution in [0.4, 0.5) is 0 Å². The zero-order chi connectivity index (χ0) is 12.5. The molecule has 3 nitrogen and oxygen atoms in total. The minimum Gasteiger partial charge on any atom is -0.468 e. The first-order chi connectivity index (χ1) is 8.10. The van der Waals surface area contributed by atoms with Crippen molar-refractivity contribution in [1.82, 2.24) is 0 Å². The SMILES string of the molecule is COC(=O)C1(C(C)=O)CC(c2ccccc2)C1. The van der Waals surface area contributed by atoms with E-state index in [1.54, 1.807) is 0 Å². The number of ether oxygens (including phenoxy) is 1. The van der Waals surface area contributed by atoms with Gasteiger partial charge in [0.1, 0.15) is 11.2 Å². The third-order valence-electron chi connectivity index (χ3n) is 3.71. The maximum absolute atomic E-state index is 11.7. The van der Waals surface area contributed by atoms with Gasteiger partial charge in [-0.3, -0.25) is 9.59 Å². The predicted octanol–water partition coefficient (Wildman–Crippen LogP) is 2.31. The Hall–Kier alpha value is -1.64. The Labute approximate surface area is 101 Å². The number of benzene rings is 1. The Bertz CT molecular complexity index is 430. The van der Waals surface area contributed by atoms with Crippen molar-refractivity contribution in [2.45, 2.75) is 25.7 Å². The predicted molar refractivity (Wildman–Crippen MR) is 63.5 cm³/mol. The lowest BCUT2D eigenvalue weighted by atomic mass is 9.58. The second-order valence-electron chi connectivity index (χ2n) is 4.65. The van der Waals surface area contributed by atoms with Crippen molar-refractivity contribution in [1.29, 1.82) is 0 Å². The molecular weight excluding hydrogens is 216 g/mol. The van der Waals surface area contributed by atoms with E-state index in [1.165, 1.54) is 19.6 Å². The van der Waals surface area contributed by atoms with E-state index in [0.29, 0.717) is 18.8 Å². The molecule has 2 rings (SSSR count). The summed E-state index contributed by atoms with van der Waals surface area (Å²) in [5, 5.41) is 0. The van der Waals surface area contributed by atoms with E-state index in [2.05, 4.69) is 0 Å². The summed E-state index contributed by atoms with van der Waals surface area (Å²) < 4.78 is 4.74. The van der Waals surface area contributed by atoms with Crippen LogP contribution in [0, 0.1) is 5.41 Å². The summed E-state index contributed by atoms with van der Waals surface area (Å²) in [5.74, 6) is -0.187. The molecule has 90 valence electrons. The van der Waals surface area contributed by atoms with Crippen LogP contribution in [0.25, 0.3) is 0 Å². The highest BCUT2D eigenvalue weighted by Gasteiger charge is 2.55. The molecule has 0 unspecified atom stereocenters. The van der Waals surface area contributed by atoms with Gasteiger partial charge in [-0.15, -0.1) is 0 Å². The molecule has 0 radical (unpaired) electrons. The highest BCUT2D eigenvalue weighted by Crippen LogP contribution is 2.52. The number of methoxy groups -OCH3 is 1. The number of rotatable bonds is 3. The minimum atomic E-state index is -0.894. The monoisotopic (exact) mass is 232 g/mol. The van der Waals surface area contributed by atoms with E-state index in [4.69, 9.17) is 4.74 Å². The summed E-state index contributed by atoms with van der Waals surface area (Å²) >= 11 is 0. The first-order valence-corrected chi connectivity index (χ1v) is 5.74. The number of esters is 1. The minimum absolute atomic E-state index is 0.0865. The van der Waals surface area contributed by atoms with Crippen molar-refractivity contribution in [2.75, 3.05) is 7.11 Å². The zero-order valence-corrected chi connectivity index (χ0v) is 10.1. The third kappa shape index (κ3) is 1.86. The van der Waals surface area contributed by atoms with Crippen molar-refractivity contribution < 1.29 is 14.3 Å². The van der Waals surface area contributed by atoms with Gasteiger partial charge in [-0.2, -0.15) is 0 Å². The highest BCUT2D eigenvalue weighted by molar-refractivity contribution is 6.04. The standard InChI is InChI=1S/C14H16O3/c1-10(15)14(13(16)17-2)8-12(9-14)11-6-4-3-5-7-11/h3-7,12H,8-9H2,1-2H3. The molecule has 0 N–H and O–H groups in total. The molecule has 0 heterocycles. The number of carbonyl (C=O) groups is 2. The molecular formula is C14H16O3.